The summed E-state index contributed by atoms with van der Waals surface area (Å²) in [7, 11) is -1.69. The van der Waals surface area contributed by atoms with Crippen LogP contribution < -0.4 is 4.31 Å². The third kappa shape index (κ3) is 3.19. The summed E-state index contributed by atoms with van der Waals surface area (Å²) in [6.45, 7) is 1.67. The van der Waals surface area contributed by atoms with Crippen molar-refractivity contribution in [2.75, 3.05) is 18.5 Å². The van der Waals surface area contributed by atoms with Crippen molar-refractivity contribution in [1.82, 2.24) is 0 Å². The second kappa shape index (κ2) is 6.37. The van der Waals surface area contributed by atoms with Crippen molar-refractivity contribution in [2.24, 2.45) is 0 Å². The Morgan fingerprint density at radius 1 is 1.17 bits per heavy atom. The maximum atomic E-state index is 14.0. The van der Waals surface area contributed by atoms with Gasteiger partial charge < -0.3 is 4.74 Å². The molecule has 0 spiro atoms. The number of anilines is 1. The van der Waals surface area contributed by atoms with Crippen LogP contribution in [0.5, 0.6) is 0 Å². The molecule has 2 aromatic carbocycles. The van der Waals surface area contributed by atoms with Crippen LogP contribution in [-0.4, -0.2) is 28.5 Å². The summed E-state index contributed by atoms with van der Waals surface area (Å²) >= 11 is 0. The smallest absolute Gasteiger partial charge is 0.340 e. The lowest BCUT2D eigenvalue weighted by atomic mass is 10.2. The zero-order chi connectivity index (χ0) is 17.2. The molecular weight excluding hydrogens is 321 g/mol. The number of esters is 1. The highest BCUT2D eigenvalue weighted by Crippen LogP contribution is 2.27. The number of hydrogen-bond acceptors (Lipinski definition) is 4. The van der Waals surface area contributed by atoms with E-state index in [2.05, 4.69) is 4.74 Å². The zero-order valence-corrected chi connectivity index (χ0v) is 13.7. The Balaban J connectivity index is 2.58. The van der Waals surface area contributed by atoms with Gasteiger partial charge in [-0.25, -0.2) is 17.6 Å². The van der Waals surface area contributed by atoms with Gasteiger partial charge in [0.25, 0.3) is 10.0 Å². The third-order valence-corrected chi connectivity index (χ3v) is 5.16. The van der Waals surface area contributed by atoms with E-state index >= 15 is 0 Å². The van der Waals surface area contributed by atoms with E-state index in [1.807, 2.05) is 0 Å². The summed E-state index contributed by atoms with van der Waals surface area (Å²) < 4.78 is 44.9. The molecule has 2 aromatic rings. The molecule has 2 rings (SSSR count). The lowest BCUT2D eigenvalue weighted by Gasteiger charge is -2.22. The molecule has 0 bridgehead atoms. The first-order chi connectivity index (χ1) is 10.8. The Hall–Kier alpha value is -2.41. The van der Waals surface area contributed by atoms with E-state index < -0.39 is 26.7 Å². The molecule has 5 nitrogen and oxygen atoms in total. The Bertz CT molecular complexity index is 849. The minimum atomic E-state index is -4.16. The van der Waals surface area contributed by atoms with Gasteiger partial charge in [-0.05, 0) is 36.8 Å². The fraction of sp³-hybridized carbons (Fsp3) is 0.188. The first kappa shape index (κ1) is 17.0. The molecule has 0 fully saturated rings. The number of methoxy groups -OCH3 is 1. The van der Waals surface area contributed by atoms with Gasteiger partial charge in [0.15, 0.2) is 0 Å². The van der Waals surface area contributed by atoms with Crippen molar-refractivity contribution in [1.29, 1.82) is 0 Å². The van der Waals surface area contributed by atoms with Crippen LogP contribution in [0.3, 0.4) is 0 Å². The SMILES string of the molecule is COC(=O)c1ccccc1N(C)S(=O)(=O)c1cc(C)ccc1F. The number of benzene rings is 2. The van der Waals surface area contributed by atoms with Crippen LogP contribution in [0.4, 0.5) is 10.1 Å². The number of para-hydroxylation sites is 1. The van der Waals surface area contributed by atoms with Crippen molar-refractivity contribution < 1.29 is 22.3 Å². The monoisotopic (exact) mass is 337 g/mol. The minimum absolute atomic E-state index is 0.0779. The molecular formula is C16H16FNO4S. The maximum Gasteiger partial charge on any atom is 0.340 e. The molecule has 0 N–H and O–H groups in total. The molecule has 0 unspecified atom stereocenters. The van der Waals surface area contributed by atoms with Gasteiger partial charge in [0.2, 0.25) is 0 Å². The highest BCUT2D eigenvalue weighted by atomic mass is 32.2. The number of nitrogens with zero attached hydrogens (tertiary/aromatic N) is 1. The average molecular weight is 337 g/mol. The van der Waals surface area contributed by atoms with Gasteiger partial charge in [-0.2, -0.15) is 0 Å². The average Bonchev–Trinajstić information content (AvgIpc) is 2.55. The second-order valence-corrected chi connectivity index (χ2v) is 6.85. The molecule has 7 heteroatoms. The number of ether oxygens (including phenoxy) is 1. The lowest BCUT2D eigenvalue weighted by Crippen LogP contribution is -2.29. The predicted octanol–water partition coefficient (Wildman–Crippen LogP) is 2.75. The van der Waals surface area contributed by atoms with Crippen LogP contribution in [0.25, 0.3) is 0 Å². The van der Waals surface area contributed by atoms with E-state index in [0.717, 1.165) is 10.4 Å². The normalized spacial score (nSPS) is 11.1. The molecule has 0 atom stereocenters. The Kier molecular flexibility index (Phi) is 4.70. The molecule has 0 amide bonds. The number of aryl methyl sites for hydroxylation is 1. The van der Waals surface area contributed by atoms with E-state index in [1.54, 1.807) is 19.1 Å². The number of sulfonamides is 1. The maximum absolute atomic E-state index is 14.0. The summed E-state index contributed by atoms with van der Waals surface area (Å²) in [5, 5.41) is 0. The van der Waals surface area contributed by atoms with Gasteiger partial charge in [-0.15, -0.1) is 0 Å². The molecule has 0 radical (unpaired) electrons. The molecule has 0 aromatic heterocycles. The summed E-state index contributed by atoms with van der Waals surface area (Å²) in [6, 6.07) is 9.90. The van der Waals surface area contributed by atoms with Crippen LogP contribution in [0, 0.1) is 12.7 Å². The molecule has 0 heterocycles. The molecule has 0 aliphatic carbocycles. The van der Waals surface area contributed by atoms with Gasteiger partial charge in [0.05, 0.1) is 18.4 Å². The van der Waals surface area contributed by atoms with Crippen molar-refractivity contribution in [3.63, 3.8) is 0 Å². The van der Waals surface area contributed by atoms with Crippen LogP contribution in [0.1, 0.15) is 15.9 Å². The van der Waals surface area contributed by atoms with E-state index in [1.165, 1.54) is 38.4 Å². The summed E-state index contributed by atoms with van der Waals surface area (Å²) in [5.74, 6) is -1.52. The largest absolute Gasteiger partial charge is 0.465 e. The van der Waals surface area contributed by atoms with Gasteiger partial charge in [-0.3, -0.25) is 4.31 Å². The summed E-state index contributed by atoms with van der Waals surface area (Å²) in [4.78, 5) is 11.4. The second-order valence-electron chi connectivity index (χ2n) is 4.92. The van der Waals surface area contributed by atoms with Gasteiger partial charge in [0, 0.05) is 7.05 Å². The van der Waals surface area contributed by atoms with Crippen molar-refractivity contribution in [2.45, 2.75) is 11.8 Å². The zero-order valence-electron chi connectivity index (χ0n) is 12.9. The van der Waals surface area contributed by atoms with Crippen LogP contribution >= 0.6 is 0 Å². The quantitative estimate of drug-likeness (QED) is 0.805. The number of halogens is 1. The van der Waals surface area contributed by atoms with E-state index in [9.17, 15) is 17.6 Å². The third-order valence-electron chi connectivity index (χ3n) is 3.37. The van der Waals surface area contributed by atoms with Crippen molar-refractivity contribution in [3.05, 3.63) is 59.4 Å². The highest BCUT2D eigenvalue weighted by molar-refractivity contribution is 7.92. The van der Waals surface area contributed by atoms with Gasteiger partial charge in [-0.1, -0.05) is 18.2 Å². The van der Waals surface area contributed by atoms with Crippen LogP contribution in [0.15, 0.2) is 47.4 Å². The molecule has 0 saturated heterocycles. The number of rotatable bonds is 4. The molecule has 0 aliphatic rings. The van der Waals surface area contributed by atoms with Crippen molar-refractivity contribution in [3.8, 4) is 0 Å². The van der Waals surface area contributed by atoms with Crippen molar-refractivity contribution >= 4 is 21.7 Å². The number of carbonyl (C=O) groups is 1. The summed E-state index contributed by atoms with van der Waals surface area (Å²) in [6.07, 6.45) is 0. The van der Waals surface area contributed by atoms with Gasteiger partial charge >= 0.3 is 5.97 Å². The first-order valence-corrected chi connectivity index (χ1v) is 8.15. The van der Waals surface area contributed by atoms with E-state index in [0.29, 0.717) is 5.56 Å². The number of carbonyl (C=O) groups excluding carboxylic acids is 1. The Morgan fingerprint density at radius 3 is 2.48 bits per heavy atom. The molecule has 0 aliphatic heterocycles. The fourth-order valence-corrected chi connectivity index (χ4v) is 3.48. The predicted molar refractivity (Wildman–Crippen MR) is 84.5 cm³/mol. The lowest BCUT2D eigenvalue weighted by molar-refractivity contribution is 0.0601. The van der Waals surface area contributed by atoms with Gasteiger partial charge in [0.1, 0.15) is 10.7 Å². The molecule has 0 saturated carbocycles. The standard InChI is InChI=1S/C16H16FNO4S/c1-11-8-9-13(17)15(10-11)23(20,21)18(2)14-7-5-4-6-12(14)16(19)22-3/h4-10H,1-3H3. The summed E-state index contributed by atoms with van der Waals surface area (Å²) in [5.41, 5.74) is 0.800. The minimum Gasteiger partial charge on any atom is -0.465 e. The Morgan fingerprint density at radius 2 is 1.83 bits per heavy atom. The topological polar surface area (TPSA) is 63.7 Å². The Labute approximate surface area is 134 Å². The van der Waals surface area contributed by atoms with E-state index in [4.69, 9.17) is 0 Å². The molecule has 122 valence electrons. The highest BCUT2D eigenvalue weighted by Gasteiger charge is 2.28. The van der Waals surface area contributed by atoms with Crippen LogP contribution in [0.2, 0.25) is 0 Å². The molecule has 23 heavy (non-hydrogen) atoms. The fourth-order valence-electron chi connectivity index (χ4n) is 2.12. The van der Waals surface area contributed by atoms with E-state index in [-0.39, 0.29) is 11.3 Å². The number of hydrogen-bond donors (Lipinski definition) is 0. The first-order valence-electron chi connectivity index (χ1n) is 6.71. The van der Waals surface area contributed by atoms with Crippen LogP contribution in [-0.2, 0) is 14.8 Å².